The van der Waals surface area contributed by atoms with Gasteiger partial charge in [-0.2, -0.15) is 0 Å². The summed E-state index contributed by atoms with van der Waals surface area (Å²) in [6.07, 6.45) is 7.62. The summed E-state index contributed by atoms with van der Waals surface area (Å²) < 4.78 is 18.7. The van der Waals surface area contributed by atoms with Crippen LogP contribution in [0, 0.1) is 11.2 Å². The molecule has 2 rings (SSSR count). The van der Waals surface area contributed by atoms with E-state index in [0.29, 0.717) is 5.69 Å². The molecule has 0 aromatic carbocycles. The minimum absolute atomic E-state index is 0.171. The van der Waals surface area contributed by atoms with E-state index in [0.717, 1.165) is 26.0 Å². The van der Waals surface area contributed by atoms with Gasteiger partial charge in [-0.3, -0.25) is 4.98 Å². The van der Waals surface area contributed by atoms with E-state index < -0.39 is 0 Å². The maximum Gasteiger partial charge on any atom is 0.164 e. The molecule has 1 N–H and O–H groups in total. The van der Waals surface area contributed by atoms with Crippen LogP contribution in [0.1, 0.15) is 25.7 Å². The SMILES string of the molecule is COCC1(CNc2ccncc2F)CCCC1. The first-order chi connectivity index (χ1) is 8.26. The van der Waals surface area contributed by atoms with Gasteiger partial charge in [0.05, 0.1) is 18.5 Å². The highest BCUT2D eigenvalue weighted by molar-refractivity contribution is 5.42. The van der Waals surface area contributed by atoms with Crippen LogP contribution in [0.3, 0.4) is 0 Å². The fourth-order valence-corrected chi connectivity index (χ4v) is 2.60. The molecule has 0 unspecified atom stereocenters. The smallest absolute Gasteiger partial charge is 0.164 e. The lowest BCUT2D eigenvalue weighted by Gasteiger charge is -2.28. The van der Waals surface area contributed by atoms with Gasteiger partial charge < -0.3 is 10.1 Å². The Hall–Kier alpha value is -1.16. The van der Waals surface area contributed by atoms with Crippen molar-refractivity contribution in [3.05, 3.63) is 24.3 Å². The third kappa shape index (κ3) is 2.94. The molecule has 0 amide bonds. The summed E-state index contributed by atoms with van der Waals surface area (Å²) in [5.74, 6) is -0.293. The van der Waals surface area contributed by atoms with Crippen LogP contribution in [0.2, 0.25) is 0 Å². The monoisotopic (exact) mass is 238 g/mol. The quantitative estimate of drug-likeness (QED) is 0.856. The van der Waals surface area contributed by atoms with Crippen LogP contribution in [-0.4, -0.2) is 25.2 Å². The second-order valence-electron chi connectivity index (χ2n) is 4.85. The van der Waals surface area contributed by atoms with Crippen LogP contribution in [0.15, 0.2) is 18.5 Å². The Morgan fingerprint density at radius 2 is 2.24 bits per heavy atom. The van der Waals surface area contributed by atoms with Crippen molar-refractivity contribution in [3.63, 3.8) is 0 Å². The van der Waals surface area contributed by atoms with Crippen LogP contribution in [0.25, 0.3) is 0 Å². The van der Waals surface area contributed by atoms with Crippen LogP contribution in [-0.2, 0) is 4.74 Å². The lowest BCUT2D eigenvalue weighted by atomic mass is 9.87. The summed E-state index contributed by atoms with van der Waals surface area (Å²) in [6, 6.07) is 1.67. The molecule has 1 heterocycles. The fourth-order valence-electron chi connectivity index (χ4n) is 2.60. The van der Waals surface area contributed by atoms with E-state index in [1.54, 1.807) is 19.4 Å². The second kappa shape index (κ2) is 5.45. The molecule has 4 heteroatoms. The molecular weight excluding hydrogens is 219 g/mol. The molecule has 17 heavy (non-hydrogen) atoms. The fraction of sp³-hybridized carbons (Fsp3) is 0.615. The number of ether oxygens (including phenoxy) is 1. The molecule has 3 nitrogen and oxygen atoms in total. The van der Waals surface area contributed by atoms with Gasteiger partial charge in [-0.1, -0.05) is 12.8 Å². The molecule has 1 aromatic rings. The Balaban J connectivity index is 1.98. The Morgan fingerprint density at radius 1 is 1.47 bits per heavy atom. The topological polar surface area (TPSA) is 34.1 Å². The molecule has 0 aliphatic heterocycles. The molecule has 0 bridgehead atoms. The zero-order chi connectivity index (χ0) is 12.1. The average molecular weight is 238 g/mol. The van der Waals surface area contributed by atoms with E-state index in [4.69, 9.17) is 4.74 Å². The van der Waals surface area contributed by atoms with E-state index in [-0.39, 0.29) is 11.2 Å². The van der Waals surface area contributed by atoms with Gasteiger partial charge in [0, 0.05) is 25.3 Å². The van der Waals surface area contributed by atoms with Crippen molar-refractivity contribution in [2.24, 2.45) is 5.41 Å². The van der Waals surface area contributed by atoms with E-state index in [9.17, 15) is 4.39 Å². The molecule has 1 saturated carbocycles. The Bertz CT molecular complexity index is 364. The zero-order valence-electron chi connectivity index (χ0n) is 10.2. The molecule has 0 spiro atoms. The summed E-state index contributed by atoms with van der Waals surface area (Å²) in [5.41, 5.74) is 0.701. The van der Waals surface area contributed by atoms with Gasteiger partial charge in [0.25, 0.3) is 0 Å². The summed E-state index contributed by atoms with van der Waals surface area (Å²) in [5, 5.41) is 3.19. The summed E-state index contributed by atoms with van der Waals surface area (Å²) in [6.45, 7) is 1.51. The van der Waals surface area contributed by atoms with Crippen molar-refractivity contribution < 1.29 is 9.13 Å². The van der Waals surface area contributed by atoms with Crippen molar-refractivity contribution in [1.82, 2.24) is 4.98 Å². The first-order valence-corrected chi connectivity index (χ1v) is 6.08. The lowest BCUT2D eigenvalue weighted by Crippen LogP contribution is -2.31. The maximum absolute atomic E-state index is 13.4. The summed E-state index contributed by atoms with van der Waals surface area (Å²) in [7, 11) is 1.73. The van der Waals surface area contributed by atoms with Crippen molar-refractivity contribution in [2.75, 3.05) is 25.6 Å². The number of halogens is 1. The standard InChI is InChI=1S/C13H19FN2O/c1-17-10-13(5-2-3-6-13)9-16-12-4-7-15-8-11(12)14/h4,7-8H,2-3,5-6,9-10H2,1H3,(H,15,16). The second-order valence-corrected chi connectivity index (χ2v) is 4.85. The minimum Gasteiger partial charge on any atom is -0.384 e. The van der Waals surface area contributed by atoms with E-state index >= 15 is 0 Å². The Labute approximate surface area is 101 Å². The number of anilines is 1. The molecule has 0 radical (unpaired) electrons. The van der Waals surface area contributed by atoms with Crippen LogP contribution in [0.4, 0.5) is 10.1 Å². The van der Waals surface area contributed by atoms with Crippen molar-refractivity contribution in [1.29, 1.82) is 0 Å². The predicted octanol–water partition coefficient (Wildman–Crippen LogP) is 2.84. The summed E-state index contributed by atoms with van der Waals surface area (Å²) >= 11 is 0. The molecule has 1 fully saturated rings. The molecule has 0 saturated heterocycles. The Kier molecular flexibility index (Phi) is 3.94. The van der Waals surface area contributed by atoms with Gasteiger partial charge in [0.2, 0.25) is 0 Å². The molecule has 94 valence electrons. The molecule has 1 aliphatic carbocycles. The van der Waals surface area contributed by atoms with Crippen LogP contribution < -0.4 is 5.32 Å². The van der Waals surface area contributed by atoms with E-state index in [2.05, 4.69) is 10.3 Å². The van der Waals surface area contributed by atoms with Crippen molar-refractivity contribution in [3.8, 4) is 0 Å². The van der Waals surface area contributed by atoms with Crippen LogP contribution in [0.5, 0.6) is 0 Å². The molecule has 0 atom stereocenters. The van der Waals surface area contributed by atoms with Gasteiger partial charge in [0.15, 0.2) is 5.82 Å². The number of nitrogens with one attached hydrogen (secondary N) is 1. The number of rotatable bonds is 5. The largest absolute Gasteiger partial charge is 0.384 e. The highest BCUT2D eigenvalue weighted by Crippen LogP contribution is 2.38. The molecular formula is C13H19FN2O. The Morgan fingerprint density at radius 3 is 2.88 bits per heavy atom. The third-order valence-corrected chi connectivity index (χ3v) is 3.54. The van der Waals surface area contributed by atoms with E-state index in [1.165, 1.54) is 19.0 Å². The van der Waals surface area contributed by atoms with Gasteiger partial charge in [0.1, 0.15) is 0 Å². The van der Waals surface area contributed by atoms with E-state index in [1.807, 2.05) is 0 Å². The predicted molar refractivity (Wildman–Crippen MR) is 65.5 cm³/mol. The first-order valence-electron chi connectivity index (χ1n) is 6.08. The van der Waals surface area contributed by atoms with Crippen LogP contribution >= 0.6 is 0 Å². The maximum atomic E-state index is 13.4. The highest BCUT2D eigenvalue weighted by atomic mass is 19.1. The van der Waals surface area contributed by atoms with Crippen molar-refractivity contribution >= 4 is 5.69 Å². The first kappa shape index (κ1) is 12.3. The van der Waals surface area contributed by atoms with Gasteiger partial charge in [-0.05, 0) is 18.9 Å². The van der Waals surface area contributed by atoms with Gasteiger partial charge >= 0.3 is 0 Å². The normalized spacial score (nSPS) is 18.2. The number of hydrogen-bond acceptors (Lipinski definition) is 3. The number of nitrogens with zero attached hydrogens (tertiary/aromatic N) is 1. The number of pyridine rings is 1. The number of hydrogen-bond donors (Lipinski definition) is 1. The number of aromatic nitrogens is 1. The minimum atomic E-state index is -0.293. The van der Waals surface area contributed by atoms with Gasteiger partial charge in [-0.15, -0.1) is 0 Å². The highest BCUT2D eigenvalue weighted by Gasteiger charge is 2.33. The van der Waals surface area contributed by atoms with Crippen molar-refractivity contribution in [2.45, 2.75) is 25.7 Å². The molecule has 1 aromatic heterocycles. The average Bonchev–Trinajstić information content (AvgIpc) is 2.78. The molecule has 1 aliphatic rings. The lowest BCUT2D eigenvalue weighted by molar-refractivity contribution is 0.0923. The van der Waals surface area contributed by atoms with Gasteiger partial charge in [-0.25, -0.2) is 4.39 Å². The third-order valence-electron chi connectivity index (χ3n) is 3.54. The summed E-state index contributed by atoms with van der Waals surface area (Å²) in [4.78, 5) is 3.74. The number of methoxy groups -OCH3 is 1. The zero-order valence-corrected chi connectivity index (χ0v) is 10.2.